The summed E-state index contributed by atoms with van der Waals surface area (Å²) < 4.78 is 0. The summed E-state index contributed by atoms with van der Waals surface area (Å²) in [6.07, 6.45) is 1.00. The molecular formula is C14H19N3. The molecule has 1 aliphatic rings. The molecule has 1 saturated heterocycles. The summed E-state index contributed by atoms with van der Waals surface area (Å²) in [6.45, 7) is 5.38. The average Bonchev–Trinajstić information content (AvgIpc) is 2.71. The zero-order chi connectivity index (χ0) is 12.4. The molecule has 1 aliphatic heterocycles. The van der Waals surface area contributed by atoms with Crippen molar-refractivity contribution in [3.8, 4) is 6.07 Å². The summed E-state index contributed by atoms with van der Waals surface area (Å²) in [5.41, 5.74) is 8.04. The molecule has 2 rings (SSSR count). The first-order chi connectivity index (χ1) is 8.15. The van der Waals surface area contributed by atoms with Crippen LogP contribution < -0.4 is 5.73 Å². The standard InChI is InChI=1S/C14H19N3/c1-10(2)17-8-7-13(16)14(17)12-6-4-3-5-11(12)9-15/h3-6,10,13-14H,7-8,16H2,1-2H3. The lowest BCUT2D eigenvalue weighted by Gasteiger charge is -2.30. The molecular weight excluding hydrogens is 210 g/mol. The Bertz CT molecular complexity index is 433. The van der Waals surface area contributed by atoms with Crippen molar-refractivity contribution in [2.24, 2.45) is 5.73 Å². The van der Waals surface area contributed by atoms with Gasteiger partial charge in [0.2, 0.25) is 0 Å². The van der Waals surface area contributed by atoms with Gasteiger partial charge in [0.1, 0.15) is 0 Å². The molecule has 0 aliphatic carbocycles. The van der Waals surface area contributed by atoms with E-state index in [4.69, 9.17) is 5.73 Å². The van der Waals surface area contributed by atoms with E-state index in [0.717, 1.165) is 24.1 Å². The lowest BCUT2D eigenvalue weighted by atomic mass is 9.96. The second kappa shape index (κ2) is 4.87. The summed E-state index contributed by atoms with van der Waals surface area (Å²) in [5, 5.41) is 9.18. The van der Waals surface area contributed by atoms with Crippen LogP contribution >= 0.6 is 0 Å². The Hall–Kier alpha value is -1.37. The molecule has 1 aromatic carbocycles. The van der Waals surface area contributed by atoms with Gasteiger partial charge in [-0.2, -0.15) is 5.26 Å². The normalized spacial score (nSPS) is 25.1. The van der Waals surface area contributed by atoms with Crippen molar-refractivity contribution in [1.82, 2.24) is 4.90 Å². The molecule has 1 aromatic rings. The number of hydrogen-bond acceptors (Lipinski definition) is 3. The maximum atomic E-state index is 9.18. The molecule has 2 atom stereocenters. The summed E-state index contributed by atoms with van der Waals surface area (Å²) in [7, 11) is 0. The first-order valence-electron chi connectivity index (χ1n) is 6.15. The highest BCUT2D eigenvalue weighted by Crippen LogP contribution is 2.34. The fourth-order valence-corrected chi connectivity index (χ4v) is 2.69. The Balaban J connectivity index is 2.40. The van der Waals surface area contributed by atoms with Crippen LogP contribution in [-0.2, 0) is 0 Å². The molecule has 1 fully saturated rings. The predicted octanol–water partition coefficient (Wildman–Crippen LogP) is 2.04. The van der Waals surface area contributed by atoms with Crippen LogP contribution in [0.5, 0.6) is 0 Å². The van der Waals surface area contributed by atoms with E-state index in [1.54, 1.807) is 0 Å². The molecule has 0 saturated carbocycles. The third-order valence-corrected chi connectivity index (χ3v) is 3.55. The highest BCUT2D eigenvalue weighted by Gasteiger charge is 2.35. The minimum atomic E-state index is 0.131. The van der Waals surface area contributed by atoms with Crippen molar-refractivity contribution in [3.63, 3.8) is 0 Å². The van der Waals surface area contributed by atoms with Crippen molar-refractivity contribution in [3.05, 3.63) is 35.4 Å². The molecule has 3 nitrogen and oxygen atoms in total. The molecule has 0 amide bonds. The van der Waals surface area contributed by atoms with Crippen molar-refractivity contribution < 1.29 is 0 Å². The number of nitrogens with zero attached hydrogens (tertiary/aromatic N) is 2. The highest BCUT2D eigenvalue weighted by atomic mass is 15.2. The molecule has 0 aromatic heterocycles. The van der Waals surface area contributed by atoms with Crippen LogP contribution in [0.1, 0.15) is 37.4 Å². The smallest absolute Gasteiger partial charge is 0.0995 e. The van der Waals surface area contributed by atoms with Crippen LogP contribution in [0.2, 0.25) is 0 Å². The number of hydrogen-bond donors (Lipinski definition) is 1. The summed E-state index contributed by atoms with van der Waals surface area (Å²) in [5.74, 6) is 0. The number of nitriles is 1. The SMILES string of the molecule is CC(C)N1CCC(N)C1c1ccccc1C#N. The zero-order valence-electron chi connectivity index (χ0n) is 10.4. The van der Waals surface area contributed by atoms with Gasteiger partial charge in [-0.1, -0.05) is 18.2 Å². The molecule has 2 N–H and O–H groups in total. The van der Waals surface area contributed by atoms with E-state index < -0.39 is 0 Å². The Morgan fingerprint density at radius 2 is 2.12 bits per heavy atom. The quantitative estimate of drug-likeness (QED) is 0.844. The Morgan fingerprint density at radius 3 is 2.76 bits per heavy atom. The maximum absolute atomic E-state index is 9.18. The lowest BCUT2D eigenvalue weighted by molar-refractivity contribution is 0.198. The minimum Gasteiger partial charge on any atom is -0.326 e. The van der Waals surface area contributed by atoms with Gasteiger partial charge in [0, 0.05) is 18.6 Å². The maximum Gasteiger partial charge on any atom is 0.0995 e. The lowest BCUT2D eigenvalue weighted by Crippen LogP contribution is -2.36. The minimum absolute atomic E-state index is 0.131. The van der Waals surface area contributed by atoms with Crippen molar-refractivity contribution in [2.75, 3.05) is 6.54 Å². The van der Waals surface area contributed by atoms with E-state index in [0.29, 0.717) is 6.04 Å². The molecule has 2 unspecified atom stereocenters. The first-order valence-corrected chi connectivity index (χ1v) is 6.15. The zero-order valence-corrected chi connectivity index (χ0v) is 10.4. The molecule has 0 bridgehead atoms. The fourth-order valence-electron chi connectivity index (χ4n) is 2.69. The van der Waals surface area contributed by atoms with Gasteiger partial charge in [-0.25, -0.2) is 0 Å². The molecule has 3 heteroatoms. The van der Waals surface area contributed by atoms with E-state index in [1.165, 1.54) is 0 Å². The third-order valence-electron chi connectivity index (χ3n) is 3.55. The van der Waals surface area contributed by atoms with Crippen molar-refractivity contribution in [1.29, 1.82) is 5.26 Å². The highest BCUT2D eigenvalue weighted by molar-refractivity contribution is 5.40. The summed E-state index contributed by atoms with van der Waals surface area (Å²) >= 11 is 0. The van der Waals surface area contributed by atoms with Gasteiger partial charge in [-0.3, -0.25) is 4.90 Å². The monoisotopic (exact) mass is 229 g/mol. The van der Waals surface area contributed by atoms with E-state index in [2.05, 4.69) is 24.8 Å². The first kappa shape index (κ1) is 12.1. The Kier molecular flexibility index (Phi) is 3.46. The number of likely N-dealkylation sites (tertiary alicyclic amines) is 1. The van der Waals surface area contributed by atoms with Gasteiger partial charge in [-0.15, -0.1) is 0 Å². The van der Waals surface area contributed by atoms with Crippen LogP contribution in [0.4, 0.5) is 0 Å². The molecule has 0 spiro atoms. The number of nitrogens with two attached hydrogens (primary N) is 1. The molecule has 90 valence electrons. The van der Waals surface area contributed by atoms with Crippen LogP contribution in [0.25, 0.3) is 0 Å². The second-order valence-corrected chi connectivity index (χ2v) is 4.93. The topological polar surface area (TPSA) is 53.0 Å². The van der Waals surface area contributed by atoms with Gasteiger partial charge in [0.25, 0.3) is 0 Å². The Labute approximate surface area is 103 Å². The second-order valence-electron chi connectivity index (χ2n) is 4.93. The summed E-state index contributed by atoms with van der Waals surface area (Å²) in [6, 6.07) is 10.8. The Morgan fingerprint density at radius 1 is 1.41 bits per heavy atom. The average molecular weight is 229 g/mol. The van der Waals surface area contributed by atoms with Gasteiger partial charge in [0.15, 0.2) is 0 Å². The van der Waals surface area contributed by atoms with E-state index >= 15 is 0 Å². The third kappa shape index (κ3) is 2.19. The van der Waals surface area contributed by atoms with Gasteiger partial charge >= 0.3 is 0 Å². The van der Waals surface area contributed by atoms with E-state index in [9.17, 15) is 5.26 Å². The molecule has 17 heavy (non-hydrogen) atoms. The predicted molar refractivity (Wildman–Crippen MR) is 68.3 cm³/mol. The van der Waals surface area contributed by atoms with E-state index in [1.807, 2.05) is 24.3 Å². The van der Waals surface area contributed by atoms with Crippen LogP contribution in [0, 0.1) is 11.3 Å². The van der Waals surface area contributed by atoms with Crippen molar-refractivity contribution in [2.45, 2.75) is 38.4 Å². The fraction of sp³-hybridized carbons (Fsp3) is 0.500. The molecule has 0 radical (unpaired) electrons. The molecule has 1 heterocycles. The number of rotatable bonds is 2. The van der Waals surface area contributed by atoms with Crippen LogP contribution in [-0.4, -0.2) is 23.5 Å². The summed E-state index contributed by atoms with van der Waals surface area (Å²) in [4.78, 5) is 2.39. The van der Waals surface area contributed by atoms with Gasteiger partial charge in [0.05, 0.1) is 17.7 Å². The van der Waals surface area contributed by atoms with Gasteiger partial charge in [-0.05, 0) is 31.9 Å². The van der Waals surface area contributed by atoms with Crippen LogP contribution in [0.15, 0.2) is 24.3 Å². The largest absolute Gasteiger partial charge is 0.326 e. The van der Waals surface area contributed by atoms with Crippen LogP contribution in [0.3, 0.4) is 0 Å². The van der Waals surface area contributed by atoms with Crippen molar-refractivity contribution >= 4 is 0 Å². The van der Waals surface area contributed by atoms with Gasteiger partial charge < -0.3 is 5.73 Å². The number of benzene rings is 1. The van der Waals surface area contributed by atoms with E-state index in [-0.39, 0.29) is 12.1 Å².